The van der Waals surface area contributed by atoms with Gasteiger partial charge in [0.1, 0.15) is 16.9 Å². The van der Waals surface area contributed by atoms with Gasteiger partial charge in [-0.05, 0) is 38.0 Å². The van der Waals surface area contributed by atoms with Crippen molar-refractivity contribution in [2.75, 3.05) is 13.7 Å². The van der Waals surface area contributed by atoms with E-state index in [-0.39, 0.29) is 17.7 Å². The van der Waals surface area contributed by atoms with Gasteiger partial charge < -0.3 is 18.6 Å². The zero-order valence-corrected chi connectivity index (χ0v) is 18.9. The van der Waals surface area contributed by atoms with E-state index >= 15 is 0 Å². The highest BCUT2D eigenvalue weighted by Gasteiger charge is 2.26. The van der Waals surface area contributed by atoms with Gasteiger partial charge in [-0.2, -0.15) is 5.26 Å². The summed E-state index contributed by atoms with van der Waals surface area (Å²) in [5, 5.41) is 10.3. The first-order chi connectivity index (χ1) is 16.5. The summed E-state index contributed by atoms with van der Waals surface area (Å²) < 4.78 is 14.5. The molecule has 5 rings (SSSR count). The van der Waals surface area contributed by atoms with Crippen LogP contribution >= 0.6 is 0 Å². The lowest BCUT2D eigenvalue weighted by Crippen LogP contribution is -2.27. The summed E-state index contributed by atoms with van der Waals surface area (Å²) in [6.07, 6.45) is 6.62. The van der Waals surface area contributed by atoms with Crippen LogP contribution in [-0.2, 0) is 16.0 Å². The molecule has 1 fully saturated rings. The van der Waals surface area contributed by atoms with Gasteiger partial charge in [-0.15, -0.1) is 0 Å². The molecule has 0 radical (unpaired) electrons. The zero-order valence-electron chi connectivity index (χ0n) is 18.9. The maximum Gasteiger partial charge on any atom is 0.343 e. The predicted octanol–water partition coefficient (Wildman–Crippen LogP) is 3.19. The number of fused-ring (bicyclic) bond motifs is 3. The SMILES string of the molecule is COC(=O)c1cn(Cc2nc3cnc4ccc(C#N)cc4c3n2C2CCO[C@H](C)C2)ccc1=O. The minimum absolute atomic E-state index is 0.0295. The Morgan fingerprint density at radius 1 is 1.32 bits per heavy atom. The van der Waals surface area contributed by atoms with E-state index in [1.54, 1.807) is 23.0 Å². The molecule has 34 heavy (non-hydrogen) atoms. The second-order valence-corrected chi connectivity index (χ2v) is 8.48. The van der Waals surface area contributed by atoms with E-state index in [1.807, 2.05) is 12.1 Å². The van der Waals surface area contributed by atoms with Crippen LogP contribution in [-0.4, -0.2) is 44.9 Å². The van der Waals surface area contributed by atoms with Crippen molar-refractivity contribution in [3.05, 3.63) is 70.0 Å². The predicted molar refractivity (Wildman–Crippen MR) is 125 cm³/mol. The number of carbonyl (C=O) groups is 1. The lowest BCUT2D eigenvalue weighted by atomic mass is 10.0. The highest BCUT2D eigenvalue weighted by Crippen LogP contribution is 2.34. The van der Waals surface area contributed by atoms with E-state index in [0.29, 0.717) is 18.7 Å². The fraction of sp³-hybridized carbons (Fsp3) is 0.320. The number of benzene rings is 1. The van der Waals surface area contributed by atoms with Gasteiger partial charge in [0.15, 0.2) is 5.43 Å². The van der Waals surface area contributed by atoms with Gasteiger partial charge in [0, 0.05) is 36.5 Å². The van der Waals surface area contributed by atoms with E-state index in [1.165, 1.54) is 19.4 Å². The van der Waals surface area contributed by atoms with E-state index in [2.05, 4.69) is 22.5 Å². The number of hydrogen-bond donors (Lipinski definition) is 0. The molecule has 0 bridgehead atoms. The number of rotatable bonds is 4. The number of imidazole rings is 1. The van der Waals surface area contributed by atoms with Crippen molar-refractivity contribution in [3.8, 4) is 6.07 Å². The zero-order chi connectivity index (χ0) is 23.8. The Kier molecular flexibility index (Phi) is 5.59. The third kappa shape index (κ3) is 3.82. The smallest absolute Gasteiger partial charge is 0.343 e. The van der Waals surface area contributed by atoms with Gasteiger partial charge in [-0.3, -0.25) is 9.78 Å². The van der Waals surface area contributed by atoms with Crippen molar-refractivity contribution in [1.29, 1.82) is 5.26 Å². The highest BCUT2D eigenvalue weighted by molar-refractivity contribution is 6.03. The number of nitriles is 1. The molecule has 0 aliphatic carbocycles. The number of methoxy groups -OCH3 is 1. The molecular formula is C25H23N5O4. The largest absolute Gasteiger partial charge is 0.465 e. The van der Waals surface area contributed by atoms with Crippen molar-refractivity contribution < 1.29 is 14.3 Å². The molecule has 1 saturated heterocycles. The lowest BCUT2D eigenvalue weighted by molar-refractivity contribution is 0.00620. The first-order valence-electron chi connectivity index (χ1n) is 11.1. The standard InChI is InChI=1S/C25H23N5O4/c1-15-9-17(6-8-34-15)30-23(14-29-7-5-22(31)19(13-29)25(32)33-2)28-21-12-27-20-4-3-16(11-26)10-18(20)24(21)30/h3-5,7,10,12-13,15,17H,6,8-9,14H2,1-2H3/t15-,17?/m1/s1. The van der Waals surface area contributed by atoms with Crippen molar-refractivity contribution >= 4 is 27.9 Å². The van der Waals surface area contributed by atoms with Crippen molar-refractivity contribution in [1.82, 2.24) is 19.1 Å². The molecule has 9 heteroatoms. The number of pyridine rings is 2. The number of nitrogens with zero attached hydrogens (tertiary/aromatic N) is 5. The summed E-state index contributed by atoms with van der Waals surface area (Å²) in [6.45, 7) is 3.04. The van der Waals surface area contributed by atoms with E-state index in [0.717, 1.165) is 40.6 Å². The van der Waals surface area contributed by atoms with Gasteiger partial charge in [-0.25, -0.2) is 9.78 Å². The Labute approximate surface area is 195 Å². The summed E-state index contributed by atoms with van der Waals surface area (Å²) in [5.74, 6) is 0.0931. The Bertz CT molecular complexity index is 1510. The molecule has 9 nitrogen and oxygen atoms in total. The monoisotopic (exact) mass is 457 g/mol. The number of esters is 1. The second kappa shape index (κ2) is 8.72. The van der Waals surface area contributed by atoms with Gasteiger partial charge in [0.05, 0.1) is 48.6 Å². The van der Waals surface area contributed by atoms with Crippen LogP contribution in [0.4, 0.5) is 0 Å². The summed E-state index contributed by atoms with van der Waals surface area (Å²) in [7, 11) is 1.25. The molecule has 1 aliphatic heterocycles. The number of hydrogen-bond acceptors (Lipinski definition) is 7. The first-order valence-corrected chi connectivity index (χ1v) is 11.1. The minimum atomic E-state index is -0.676. The van der Waals surface area contributed by atoms with Crippen LogP contribution in [0.3, 0.4) is 0 Å². The molecule has 1 unspecified atom stereocenters. The molecule has 0 spiro atoms. The summed E-state index contributed by atoms with van der Waals surface area (Å²) in [5.41, 5.74) is 2.57. The number of carbonyl (C=O) groups excluding carboxylic acids is 1. The Morgan fingerprint density at radius 2 is 2.18 bits per heavy atom. The lowest BCUT2D eigenvalue weighted by Gasteiger charge is -2.30. The number of aromatic nitrogens is 4. The molecule has 4 aromatic rings. The van der Waals surface area contributed by atoms with Crippen LogP contribution in [0.25, 0.3) is 21.9 Å². The van der Waals surface area contributed by atoms with Crippen LogP contribution in [0.15, 0.2) is 47.7 Å². The van der Waals surface area contributed by atoms with Crippen molar-refractivity contribution in [2.45, 2.75) is 38.5 Å². The van der Waals surface area contributed by atoms with Gasteiger partial charge >= 0.3 is 5.97 Å². The third-order valence-electron chi connectivity index (χ3n) is 6.25. The Morgan fingerprint density at radius 3 is 2.94 bits per heavy atom. The van der Waals surface area contributed by atoms with Crippen LogP contribution in [0.5, 0.6) is 0 Å². The molecule has 0 amide bonds. The fourth-order valence-corrected chi connectivity index (χ4v) is 4.66. The maximum absolute atomic E-state index is 12.1. The van der Waals surface area contributed by atoms with Crippen LogP contribution in [0.2, 0.25) is 0 Å². The summed E-state index contributed by atoms with van der Waals surface area (Å²) in [6, 6.07) is 9.16. The third-order valence-corrected chi connectivity index (χ3v) is 6.25. The highest BCUT2D eigenvalue weighted by atomic mass is 16.5. The number of ether oxygens (including phenoxy) is 2. The van der Waals surface area contributed by atoms with Crippen molar-refractivity contribution in [2.24, 2.45) is 0 Å². The maximum atomic E-state index is 12.1. The molecule has 4 heterocycles. The van der Waals surface area contributed by atoms with Gasteiger partial charge in [0.25, 0.3) is 0 Å². The average Bonchev–Trinajstić information content (AvgIpc) is 3.22. The average molecular weight is 457 g/mol. The first kappa shape index (κ1) is 21.8. The normalized spacial score (nSPS) is 18.1. The molecule has 1 aromatic carbocycles. The van der Waals surface area contributed by atoms with Crippen LogP contribution in [0, 0.1) is 11.3 Å². The molecule has 172 valence electrons. The second-order valence-electron chi connectivity index (χ2n) is 8.48. The van der Waals surface area contributed by atoms with E-state index in [9.17, 15) is 14.9 Å². The summed E-state index contributed by atoms with van der Waals surface area (Å²) in [4.78, 5) is 33.6. The molecule has 3 aromatic heterocycles. The Hall–Kier alpha value is -4.03. The van der Waals surface area contributed by atoms with E-state index in [4.69, 9.17) is 14.5 Å². The van der Waals surface area contributed by atoms with Gasteiger partial charge in [0.2, 0.25) is 0 Å². The minimum Gasteiger partial charge on any atom is -0.465 e. The molecule has 0 N–H and O–H groups in total. The Balaban J connectivity index is 1.71. The molecule has 1 aliphatic rings. The molecule has 2 atom stereocenters. The van der Waals surface area contributed by atoms with Crippen LogP contribution in [0.1, 0.15) is 47.6 Å². The van der Waals surface area contributed by atoms with Crippen LogP contribution < -0.4 is 5.43 Å². The van der Waals surface area contributed by atoms with Gasteiger partial charge in [-0.1, -0.05) is 0 Å². The molecular weight excluding hydrogens is 434 g/mol. The van der Waals surface area contributed by atoms with Crippen molar-refractivity contribution in [3.63, 3.8) is 0 Å². The molecule has 0 saturated carbocycles. The quantitative estimate of drug-likeness (QED) is 0.433. The fourth-order valence-electron chi connectivity index (χ4n) is 4.66. The van der Waals surface area contributed by atoms with E-state index < -0.39 is 11.4 Å². The summed E-state index contributed by atoms with van der Waals surface area (Å²) >= 11 is 0. The topological polar surface area (TPSA) is 112 Å².